The third kappa shape index (κ3) is 4.66. The number of benzene rings is 2. The molecule has 1 saturated heterocycles. The monoisotopic (exact) mass is 540 g/mol. The molecule has 2 aliphatic rings. The first-order chi connectivity index (χ1) is 19.4. The van der Waals surface area contributed by atoms with Crippen molar-refractivity contribution >= 4 is 29.0 Å². The Labute approximate surface area is 231 Å². The number of halogens is 1. The van der Waals surface area contributed by atoms with Crippen molar-refractivity contribution in [2.75, 3.05) is 41.4 Å². The van der Waals surface area contributed by atoms with Crippen molar-refractivity contribution in [3.63, 3.8) is 0 Å². The number of nitrogens with one attached hydrogen (secondary N) is 1. The minimum atomic E-state index is -0.702. The van der Waals surface area contributed by atoms with E-state index in [0.717, 1.165) is 22.5 Å². The van der Waals surface area contributed by atoms with E-state index in [4.69, 9.17) is 4.74 Å². The zero-order valence-electron chi connectivity index (χ0n) is 22.3. The Morgan fingerprint density at radius 2 is 1.85 bits per heavy atom. The van der Waals surface area contributed by atoms with Gasteiger partial charge in [0.2, 0.25) is 5.95 Å². The summed E-state index contributed by atoms with van der Waals surface area (Å²) >= 11 is 0. The maximum Gasteiger partial charge on any atom is 0.298 e. The highest BCUT2D eigenvalue weighted by molar-refractivity contribution is 6.47. The average Bonchev–Trinajstić information content (AvgIpc) is 3.33. The Morgan fingerprint density at radius 3 is 2.60 bits per heavy atom. The van der Waals surface area contributed by atoms with Crippen LogP contribution in [0.3, 0.4) is 0 Å². The third-order valence-corrected chi connectivity index (χ3v) is 7.46. The van der Waals surface area contributed by atoms with Crippen LogP contribution in [-0.4, -0.2) is 58.5 Å². The molecule has 6 rings (SSSR count). The number of ether oxygens (including phenoxy) is 1. The topological polar surface area (TPSA) is 92.6 Å². The molecule has 2 aliphatic heterocycles. The van der Waals surface area contributed by atoms with E-state index in [9.17, 15) is 14.0 Å². The Hall–Kier alpha value is -4.73. The first-order valence-corrected chi connectivity index (χ1v) is 13.3. The smallest absolute Gasteiger partial charge is 0.298 e. The highest BCUT2D eigenvalue weighted by Crippen LogP contribution is 2.38. The maximum atomic E-state index is 13.5. The molecule has 0 aliphatic carbocycles. The molecule has 0 radical (unpaired) electrons. The van der Waals surface area contributed by atoms with Crippen molar-refractivity contribution in [1.29, 1.82) is 0 Å². The number of Topliss-reactive ketones (excluding diaryl/α,β-unsaturated/α-hetero) is 1. The summed E-state index contributed by atoms with van der Waals surface area (Å²) in [6, 6.07) is 17.1. The molecule has 2 aromatic carbocycles. The van der Waals surface area contributed by atoms with Gasteiger partial charge in [0.15, 0.2) is 5.82 Å². The molecule has 4 aromatic rings. The van der Waals surface area contributed by atoms with Gasteiger partial charge in [-0.1, -0.05) is 30.3 Å². The Kier molecular flexibility index (Phi) is 6.67. The van der Waals surface area contributed by atoms with Gasteiger partial charge in [0.1, 0.15) is 18.1 Å². The van der Waals surface area contributed by atoms with Gasteiger partial charge in [-0.05, 0) is 37.6 Å². The molecule has 4 heterocycles. The zero-order chi connectivity index (χ0) is 27.8. The van der Waals surface area contributed by atoms with Gasteiger partial charge in [-0.15, -0.1) is 0 Å². The molecule has 204 valence electrons. The van der Waals surface area contributed by atoms with Crippen molar-refractivity contribution in [2.45, 2.75) is 26.4 Å². The maximum absolute atomic E-state index is 13.5. The van der Waals surface area contributed by atoms with Crippen molar-refractivity contribution < 1.29 is 18.7 Å². The fourth-order valence-electron chi connectivity index (χ4n) is 5.56. The molecule has 2 aromatic heterocycles. The number of aromatic nitrogens is 3. The molecule has 1 fully saturated rings. The number of fused-ring (bicyclic) bond motifs is 3. The highest BCUT2D eigenvalue weighted by Gasteiger charge is 2.34. The lowest BCUT2D eigenvalue weighted by Gasteiger charge is -2.45. The van der Waals surface area contributed by atoms with E-state index in [1.165, 1.54) is 12.4 Å². The second kappa shape index (κ2) is 10.4. The van der Waals surface area contributed by atoms with E-state index in [1.807, 2.05) is 65.8 Å². The fraction of sp³-hybridized carbons (Fsp3) is 0.267. The summed E-state index contributed by atoms with van der Waals surface area (Å²) in [4.78, 5) is 39.2. The second-order valence-corrected chi connectivity index (χ2v) is 9.93. The second-order valence-electron chi connectivity index (χ2n) is 9.93. The number of hydrogen-bond acceptors (Lipinski definition) is 7. The summed E-state index contributed by atoms with van der Waals surface area (Å²) in [5.74, 6) is -0.619. The number of nitrogens with zero attached hydrogens (tertiary/aromatic N) is 5. The van der Waals surface area contributed by atoms with E-state index >= 15 is 0 Å². The first kappa shape index (κ1) is 25.5. The van der Waals surface area contributed by atoms with Gasteiger partial charge in [-0.3, -0.25) is 9.59 Å². The molecule has 40 heavy (non-hydrogen) atoms. The van der Waals surface area contributed by atoms with Crippen molar-refractivity contribution in [3.8, 4) is 16.9 Å². The van der Waals surface area contributed by atoms with Gasteiger partial charge in [0, 0.05) is 49.2 Å². The van der Waals surface area contributed by atoms with E-state index in [0.29, 0.717) is 55.9 Å². The molecular weight excluding hydrogens is 511 g/mol. The lowest BCUT2D eigenvalue weighted by Crippen LogP contribution is -2.57. The number of hydrogen-bond donors (Lipinski definition) is 1. The number of anilines is 3. The number of carbonyl (C=O) groups excluding carboxylic acids is 2. The van der Waals surface area contributed by atoms with Crippen LogP contribution in [0.25, 0.3) is 11.1 Å². The lowest BCUT2D eigenvalue weighted by molar-refractivity contribution is -0.112. The Balaban J connectivity index is 1.19. The van der Waals surface area contributed by atoms with E-state index in [-0.39, 0.29) is 6.04 Å². The van der Waals surface area contributed by atoms with Crippen LogP contribution in [0, 0.1) is 12.7 Å². The summed E-state index contributed by atoms with van der Waals surface area (Å²) in [6.45, 7) is 6.92. The highest BCUT2D eigenvalue weighted by atomic mass is 19.1. The van der Waals surface area contributed by atoms with Crippen molar-refractivity contribution in [3.05, 3.63) is 84.2 Å². The fourth-order valence-corrected chi connectivity index (χ4v) is 5.56. The summed E-state index contributed by atoms with van der Waals surface area (Å²) in [6.07, 6.45) is 2.34. The standard InChI is InChI=1S/C30H29FN6O3/c1-3-36-19(2)13-24(20-7-5-4-6-8-20)27(36)28(38)29(39)34-22-9-10-25-26(14-22)40-18-23-17-35(11-12-37(23)25)30-32-15-21(31)16-33-30/h4-10,13-16,23H,3,11-12,17-18H2,1-2H3,(H,34,39)/t23-/m0/s1. The number of piperazine rings is 1. The molecular formula is C30H29FN6O3. The molecule has 0 spiro atoms. The minimum Gasteiger partial charge on any atom is -0.489 e. The van der Waals surface area contributed by atoms with Crippen molar-refractivity contribution in [1.82, 2.24) is 14.5 Å². The predicted octanol–water partition coefficient (Wildman–Crippen LogP) is 4.32. The number of carbonyl (C=O) groups is 2. The molecule has 0 saturated carbocycles. The van der Waals surface area contributed by atoms with Crippen LogP contribution in [0.15, 0.2) is 67.0 Å². The minimum absolute atomic E-state index is 0.0680. The van der Waals surface area contributed by atoms with Gasteiger partial charge < -0.3 is 24.4 Å². The van der Waals surface area contributed by atoms with Gasteiger partial charge in [-0.25, -0.2) is 14.4 Å². The quantitative estimate of drug-likeness (QED) is 0.288. The summed E-state index contributed by atoms with van der Waals surface area (Å²) in [5.41, 5.74) is 4.33. The molecule has 0 unspecified atom stereocenters. The first-order valence-electron chi connectivity index (χ1n) is 13.3. The normalized spacial score (nSPS) is 16.1. The molecule has 1 amide bonds. The third-order valence-electron chi connectivity index (χ3n) is 7.46. The van der Waals surface area contributed by atoms with Gasteiger partial charge >= 0.3 is 0 Å². The van der Waals surface area contributed by atoms with Crippen LogP contribution >= 0.6 is 0 Å². The van der Waals surface area contributed by atoms with Crippen molar-refractivity contribution in [2.24, 2.45) is 0 Å². The molecule has 9 nitrogen and oxygen atoms in total. The largest absolute Gasteiger partial charge is 0.489 e. The molecule has 1 atom stereocenters. The Bertz CT molecular complexity index is 1570. The summed E-state index contributed by atoms with van der Waals surface area (Å²) < 4.78 is 21.2. The number of rotatable bonds is 6. The van der Waals surface area contributed by atoms with Crippen LogP contribution < -0.4 is 19.9 Å². The van der Waals surface area contributed by atoms with E-state index < -0.39 is 17.5 Å². The summed E-state index contributed by atoms with van der Waals surface area (Å²) in [5, 5.41) is 2.78. The van der Waals surface area contributed by atoms with Crippen LogP contribution in [0.4, 0.5) is 21.7 Å². The van der Waals surface area contributed by atoms with Gasteiger partial charge in [0.05, 0.1) is 24.1 Å². The average molecular weight is 541 g/mol. The van der Waals surface area contributed by atoms with E-state index in [1.54, 1.807) is 12.1 Å². The van der Waals surface area contributed by atoms with Crippen LogP contribution in [0.1, 0.15) is 23.1 Å². The number of ketones is 1. The number of amides is 1. The van der Waals surface area contributed by atoms with Gasteiger partial charge in [-0.2, -0.15) is 0 Å². The van der Waals surface area contributed by atoms with Crippen LogP contribution in [0.5, 0.6) is 5.75 Å². The predicted molar refractivity (Wildman–Crippen MR) is 151 cm³/mol. The van der Waals surface area contributed by atoms with Crippen LogP contribution in [-0.2, 0) is 11.3 Å². The molecule has 1 N–H and O–H groups in total. The summed E-state index contributed by atoms with van der Waals surface area (Å²) in [7, 11) is 0. The molecule has 0 bridgehead atoms. The molecule has 10 heteroatoms. The number of aryl methyl sites for hydroxylation is 1. The lowest BCUT2D eigenvalue weighted by atomic mass is 10.0. The van der Waals surface area contributed by atoms with Crippen LogP contribution in [0.2, 0.25) is 0 Å². The van der Waals surface area contributed by atoms with E-state index in [2.05, 4.69) is 20.2 Å². The zero-order valence-corrected chi connectivity index (χ0v) is 22.3. The van der Waals surface area contributed by atoms with Gasteiger partial charge in [0.25, 0.3) is 11.7 Å². The SMILES string of the molecule is CCn1c(C)cc(-c2ccccc2)c1C(=O)C(=O)Nc1ccc2c(c1)OC[C@@H]1CN(c3ncc(F)cn3)CCN21. The Morgan fingerprint density at radius 1 is 1.07 bits per heavy atom.